The van der Waals surface area contributed by atoms with Gasteiger partial charge in [0.25, 0.3) is 0 Å². The summed E-state index contributed by atoms with van der Waals surface area (Å²) in [5.74, 6) is 0. The molecule has 1 aliphatic heterocycles. The van der Waals surface area contributed by atoms with Crippen molar-refractivity contribution in [3.63, 3.8) is 0 Å². The van der Waals surface area contributed by atoms with Crippen LogP contribution in [0.5, 0.6) is 0 Å². The van der Waals surface area contributed by atoms with E-state index in [2.05, 4.69) is 44.8 Å². The zero-order valence-corrected chi connectivity index (χ0v) is 12.6. The minimum absolute atomic E-state index is 0.402. The van der Waals surface area contributed by atoms with Gasteiger partial charge in [-0.1, -0.05) is 34.1 Å². The highest BCUT2D eigenvalue weighted by atomic mass is 15.3. The first-order valence-electron chi connectivity index (χ1n) is 7.63. The van der Waals surface area contributed by atoms with Gasteiger partial charge in [-0.05, 0) is 32.6 Å². The molecular weight excluding hydrogens is 208 g/mol. The van der Waals surface area contributed by atoms with Crippen molar-refractivity contribution in [1.82, 2.24) is 10.2 Å². The fourth-order valence-corrected chi connectivity index (χ4v) is 3.25. The maximum absolute atomic E-state index is 3.78. The normalized spacial score (nSPS) is 27.0. The first-order valence-corrected chi connectivity index (χ1v) is 7.63. The predicted molar refractivity (Wildman–Crippen MR) is 76.5 cm³/mol. The molecule has 0 radical (unpaired) electrons. The fourth-order valence-electron chi connectivity index (χ4n) is 3.25. The average molecular weight is 240 g/mol. The molecule has 1 rings (SSSR count). The van der Waals surface area contributed by atoms with Crippen molar-refractivity contribution in [3.8, 4) is 0 Å². The van der Waals surface area contributed by atoms with E-state index in [1.807, 2.05) is 0 Å². The molecule has 2 atom stereocenters. The SMILES string of the molecule is CCCC1CN(C(C)CC)C(CC)(CC)CN1. The smallest absolute Gasteiger partial charge is 0.0332 e. The molecule has 17 heavy (non-hydrogen) atoms. The van der Waals surface area contributed by atoms with Crippen LogP contribution in [0.1, 0.15) is 66.7 Å². The lowest BCUT2D eigenvalue weighted by atomic mass is 9.85. The third kappa shape index (κ3) is 3.23. The van der Waals surface area contributed by atoms with Gasteiger partial charge in [0.15, 0.2) is 0 Å². The summed E-state index contributed by atoms with van der Waals surface area (Å²) in [5, 5.41) is 3.78. The summed E-state index contributed by atoms with van der Waals surface area (Å²) in [4.78, 5) is 2.80. The molecule has 1 N–H and O–H groups in total. The van der Waals surface area contributed by atoms with E-state index < -0.39 is 0 Å². The van der Waals surface area contributed by atoms with Gasteiger partial charge in [-0.3, -0.25) is 4.90 Å². The highest BCUT2D eigenvalue weighted by molar-refractivity contribution is 4.99. The van der Waals surface area contributed by atoms with Crippen LogP contribution in [0.4, 0.5) is 0 Å². The van der Waals surface area contributed by atoms with E-state index in [4.69, 9.17) is 0 Å². The van der Waals surface area contributed by atoms with E-state index in [1.54, 1.807) is 0 Å². The van der Waals surface area contributed by atoms with Gasteiger partial charge in [0, 0.05) is 30.7 Å². The molecule has 0 aliphatic carbocycles. The zero-order valence-electron chi connectivity index (χ0n) is 12.6. The summed E-state index contributed by atoms with van der Waals surface area (Å²) in [6, 6.07) is 1.43. The van der Waals surface area contributed by atoms with E-state index in [9.17, 15) is 0 Å². The van der Waals surface area contributed by atoms with Crippen LogP contribution in [0.2, 0.25) is 0 Å². The molecule has 0 amide bonds. The van der Waals surface area contributed by atoms with E-state index in [0.29, 0.717) is 11.6 Å². The van der Waals surface area contributed by atoms with Crippen molar-refractivity contribution in [1.29, 1.82) is 0 Å². The van der Waals surface area contributed by atoms with Crippen LogP contribution in [0, 0.1) is 0 Å². The van der Waals surface area contributed by atoms with Gasteiger partial charge < -0.3 is 5.32 Å². The molecular formula is C15H32N2. The molecule has 0 aromatic carbocycles. The minimum Gasteiger partial charge on any atom is -0.311 e. The third-order valence-corrected chi connectivity index (χ3v) is 4.82. The number of hydrogen-bond donors (Lipinski definition) is 1. The molecule has 102 valence electrons. The topological polar surface area (TPSA) is 15.3 Å². The Hall–Kier alpha value is -0.0800. The maximum Gasteiger partial charge on any atom is 0.0332 e. The average Bonchev–Trinajstić information content (AvgIpc) is 2.38. The Morgan fingerprint density at radius 1 is 1.24 bits per heavy atom. The number of piperazine rings is 1. The summed E-state index contributed by atoms with van der Waals surface area (Å²) < 4.78 is 0. The molecule has 0 aromatic rings. The van der Waals surface area contributed by atoms with Gasteiger partial charge in [-0.15, -0.1) is 0 Å². The minimum atomic E-state index is 0.402. The van der Waals surface area contributed by atoms with Gasteiger partial charge in [-0.25, -0.2) is 0 Å². The molecule has 0 saturated carbocycles. The summed E-state index contributed by atoms with van der Waals surface area (Å²) in [6.07, 6.45) is 6.40. The number of nitrogens with one attached hydrogen (secondary N) is 1. The lowest BCUT2D eigenvalue weighted by Gasteiger charge is -2.52. The molecule has 1 heterocycles. The first-order chi connectivity index (χ1) is 8.13. The Balaban J connectivity index is 2.78. The quantitative estimate of drug-likeness (QED) is 0.765. The van der Waals surface area contributed by atoms with E-state index in [1.165, 1.54) is 45.2 Å². The molecule has 2 unspecified atom stereocenters. The van der Waals surface area contributed by atoms with Crippen LogP contribution >= 0.6 is 0 Å². The second-order valence-corrected chi connectivity index (χ2v) is 5.71. The molecule has 0 bridgehead atoms. The lowest BCUT2D eigenvalue weighted by Crippen LogP contribution is -2.66. The third-order valence-electron chi connectivity index (χ3n) is 4.82. The van der Waals surface area contributed by atoms with Crippen LogP contribution in [0.3, 0.4) is 0 Å². The van der Waals surface area contributed by atoms with Crippen LogP contribution in [0.25, 0.3) is 0 Å². The second kappa shape index (κ2) is 6.75. The Kier molecular flexibility index (Phi) is 5.94. The largest absolute Gasteiger partial charge is 0.311 e. The molecule has 2 nitrogen and oxygen atoms in total. The van der Waals surface area contributed by atoms with Crippen LogP contribution in [-0.2, 0) is 0 Å². The highest BCUT2D eigenvalue weighted by Gasteiger charge is 2.40. The van der Waals surface area contributed by atoms with Crippen molar-refractivity contribution < 1.29 is 0 Å². The van der Waals surface area contributed by atoms with Crippen molar-refractivity contribution in [2.45, 2.75) is 84.3 Å². The Morgan fingerprint density at radius 2 is 1.88 bits per heavy atom. The van der Waals surface area contributed by atoms with Crippen molar-refractivity contribution in [2.75, 3.05) is 13.1 Å². The molecule has 1 saturated heterocycles. The monoisotopic (exact) mass is 240 g/mol. The van der Waals surface area contributed by atoms with Crippen molar-refractivity contribution >= 4 is 0 Å². The van der Waals surface area contributed by atoms with Crippen molar-refractivity contribution in [3.05, 3.63) is 0 Å². The van der Waals surface area contributed by atoms with Gasteiger partial charge in [0.1, 0.15) is 0 Å². The van der Waals surface area contributed by atoms with E-state index in [-0.39, 0.29) is 0 Å². The lowest BCUT2D eigenvalue weighted by molar-refractivity contribution is -0.00185. The van der Waals surface area contributed by atoms with Gasteiger partial charge in [0.2, 0.25) is 0 Å². The van der Waals surface area contributed by atoms with Gasteiger partial charge >= 0.3 is 0 Å². The summed E-state index contributed by atoms with van der Waals surface area (Å²) in [7, 11) is 0. The fraction of sp³-hybridized carbons (Fsp3) is 1.00. The van der Waals surface area contributed by atoms with E-state index in [0.717, 1.165) is 6.04 Å². The zero-order chi connectivity index (χ0) is 12.9. The molecule has 1 fully saturated rings. The predicted octanol–water partition coefficient (Wildman–Crippen LogP) is 3.42. The van der Waals surface area contributed by atoms with Crippen LogP contribution in [0.15, 0.2) is 0 Å². The number of rotatable bonds is 6. The van der Waals surface area contributed by atoms with E-state index >= 15 is 0 Å². The maximum atomic E-state index is 3.78. The summed E-state index contributed by atoms with van der Waals surface area (Å²) in [6.45, 7) is 14.1. The summed E-state index contributed by atoms with van der Waals surface area (Å²) in [5.41, 5.74) is 0.402. The molecule has 0 spiro atoms. The van der Waals surface area contributed by atoms with Crippen LogP contribution in [-0.4, -0.2) is 35.6 Å². The standard InChI is InChI=1S/C15H32N2/c1-6-10-14-11-17(13(5)7-2)15(8-3,9-4)12-16-14/h13-14,16H,6-12H2,1-5H3. The van der Waals surface area contributed by atoms with Crippen molar-refractivity contribution in [2.24, 2.45) is 0 Å². The van der Waals surface area contributed by atoms with Gasteiger partial charge in [0.05, 0.1) is 0 Å². The Labute approximate surface area is 108 Å². The summed E-state index contributed by atoms with van der Waals surface area (Å²) >= 11 is 0. The molecule has 0 aromatic heterocycles. The molecule has 2 heteroatoms. The Morgan fingerprint density at radius 3 is 2.35 bits per heavy atom. The molecule has 1 aliphatic rings. The van der Waals surface area contributed by atoms with Crippen LogP contribution < -0.4 is 5.32 Å². The highest BCUT2D eigenvalue weighted by Crippen LogP contribution is 2.30. The Bertz CT molecular complexity index is 211. The first kappa shape index (κ1) is 15.0. The number of hydrogen-bond acceptors (Lipinski definition) is 2. The second-order valence-electron chi connectivity index (χ2n) is 5.71. The number of nitrogens with zero attached hydrogens (tertiary/aromatic N) is 1. The van der Waals surface area contributed by atoms with Gasteiger partial charge in [-0.2, -0.15) is 0 Å².